The van der Waals surface area contributed by atoms with Crippen molar-refractivity contribution in [3.05, 3.63) is 113 Å². The van der Waals surface area contributed by atoms with Gasteiger partial charge in [-0.25, -0.2) is 4.98 Å². The minimum Gasteiger partial charge on any atom is -0.392 e. The number of aromatic nitrogens is 4. The Morgan fingerprint density at radius 1 is 1.00 bits per heavy atom. The fourth-order valence-corrected chi connectivity index (χ4v) is 10.6. The van der Waals surface area contributed by atoms with Gasteiger partial charge in [0.05, 0.1) is 28.8 Å². The van der Waals surface area contributed by atoms with Crippen molar-refractivity contribution in [2.24, 2.45) is 18.9 Å². The Labute approximate surface area is 366 Å². The van der Waals surface area contributed by atoms with E-state index >= 15 is 0 Å². The molecule has 320 valence electrons. The highest BCUT2D eigenvalue weighted by atomic mass is 35.5. The Morgan fingerprint density at radius 2 is 1.82 bits per heavy atom. The topological polar surface area (TPSA) is 92.7 Å². The van der Waals surface area contributed by atoms with Gasteiger partial charge in [-0.2, -0.15) is 10.1 Å². The van der Waals surface area contributed by atoms with Crippen LogP contribution in [0.4, 0.5) is 28.8 Å². The van der Waals surface area contributed by atoms with Crippen LogP contribution in [0.5, 0.6) is 0 Å². The van der Waals surface area contributed by atoms with Gasteiger partial charge in [0, 0.05) is 111 Å². The number of allylic oxidation sites excluding steroid dienone is 4. The second-order valence-corrected chi connectivity index (χ2v) is 18.5. The third-order valence-corrected chi connectivity index (χ3v) is 14.3. The highest BCUT2D eigenvalue weighted by Gasteiger charge is 2.34. The van der Waals surface area contributed by atoms with Crippen LogP contribution in [-0.2, 0) is 13.5 Å². The highest BCUT2D eigenvalue weighted by Crippen LogP contribution is 2.46. The van der Waals surface area contributed by atoms with E-state index < -0.39 is 0 Å². The van der Waals surface area contributed by atoms with Crippen molar-refractivity contribution in [3.8, 4) is 0 Å². The molecule has 3 fully saturated rings. The molecule has 0 saturated carbocycles. The number of anilines is 5. The molecule has 7 heterocycles. The average Bonchev–Trinajstić information content (AvgIpc) is 3.59. The van der Waals surface area contributed by atoms with Crippen LogP contribution in [0.15, 0.2) is 91.2 Å². The number of nitrogens with one attached hydrogen (secondary N) is 3. The number of nitrogens with zero attached hydrogens (tertiary/aromatic N) is 8. The normalized spacial score (nSPS) is 23.2. The van der Waals surface area contributed by atoms with Gasteiger partial charge in [-0.1, -0.05) is 57.0 Å². The lowest BCUT2D eigenvalue weighted by Gasteiger charge is -2.43. The standard InChI is InChI=1S/C49H62ClN11/c1-30-28-60(19-18-38(30)29-58-20-22-59(23-21-58)44-11-9-10-42-45(56-57(8)47(42)44)41-17-13-32(3)53-34(41)5)49-52-27-43(50)48(55-49)54-40-25-37-16-14-33(4)61-35(6)36(15-12-31(2)51-7)24-39(26-40)46(37)61/h9-11,24-27,30,33,38,41,51,53H,2-3,5-6,12-23,28-29H2,1,4,7-8H3,(H,52,54,55). The fraction of sp³-hybridized carbons (Fsp3) is 0.449. The lowest BCUT2D eigenvalue weighted by molar-refractivity contribution is 0.169. The maximum atomic E-state index is 6.80. The van der Waals surface area contributed by atoms with E-state index in [0.717, 1.165) is 131 Å². The van der Waals surface area contributed by atoms with E-state index in [1.54, 1.807) is 6.20 Å². The second kappa shape index (κ2) is 16.9. The molecule has 3 N–H and O–H groups in total. The van der Waals surface area contributed by atoms with Gasteiger partial charge in [0.25, 0.3) is 0 Å². The number of piperazine rings is 1. The highest BCUT2D eigenvalue weighted by molar-refractivity contribution is 6.33. The first kappa shape index (κ1) is 41.1. The summed E-state index contributed by atoms with van der Waals surface area (Å²) < 4.78 is 2.08. The molecule has 5 aliphatic rings. The number of aryl methyl sites for hydroxylation is 2. The van der Waals surface area contributed by atoms with Crippen molar-refractivity contribution in [1.29, 1.82) is 0 Å². The van der Waals surface area contributed by atoms with Crippen LogP contribution in [0.3, 0.4) is 0 Å². The van der Waals surface area contributed by atoms with E-state index in [1.165, 1.54) is 39.0 Å². The lowest BCUT2D eigenvalue weighted by atomic mass is 9.86. The van der Waals surface area contributed by atoms with Gasteiger partial charge < -0.3 is 30.7 Å². The zero-order valence-corrected chi connectivity index (χ0v) is 37.3. The minimum absolute atomic E-state index is 0.191. The van der Waals surface area contributed by atoms with Crippen molar-refractivity contribution in [2.45, 2.75) is 70.8 Å². The van der Waals surface area contributed by atoms with E-state index in [4.69, 9.17) is 26.7 Å². The zero-order valence-electron chi connectivity index (χ0n) is 36.5. The largest absolute Gasteiger partial charge is 0.392 e. The van der Waals surface area contributed by atoms with Gasteiger partial charge in [-0.3, -0.25) is 9.58 Å². The Morgan fingerprint density at radius 3 is 2.59 bits per heavy atom. The fourth-order valence-electron chi connectivity index (χ4n) is 10.5. The Balaban J connectivity index is 0.833. The molecule has 4 aromatic rings. The predicted molar refractivity (Wildman–Crippen MR) is 254 cm³/mol. The molecule has 4 atom stereocenters. The van der Waals surface area contributed by atoms with Crippen LogP contribution in [-0.4, -0.2) is 83.6 Å². The maximum Gasteiger partial charge on any atom is 0.227 e. The molecule has 0 bridgehead atoms. The van der Waals surface area contributed by atoms with E-state index in [9.17, 15) is 0 Å². The van der Waals surface area contributed by atoms with Crippen LogP contribution in [0, 0.1) is 11.8 Å². The number of halogens is 1. The van der Waals surface area contributed by atoms with Gasteiger partial charge in [-0.05, 0) is 99.1 Å². The van der Waals surface area contributed by atoms with Gasteiger partial charge >= 0.3 is 0 Å². The van der Waals surface area contributed by atoms with Crippen LogP contribution in [0.25, 0.3) is 17.0 Å². The summed E-state index contributed by atoms with van der Waals surface area (Å²) in [5, 5.41) is 17.0. The quantitative estimate of drug-likeness (QED) is 0.136. The molecule has 2 aromatic heterocycles. The number of piperidine rings is 2. The second-order valence-electron chi connectivity index (χ2n) is 18.1. The molecule has 0 radical (unpaired) electrons. The van der Waals surface area contributed by atoms with E-state index in [0.29, 0.717) is 28.7 Å². The number of fused-ring (bicyclic) bond motifs is 1. The maximum absolute atomic E-state index is 6.80. The van der Waals surface area contributed by atoms with E-state index in [-0.39, 0.29) is 5.92 Å². The molecule has 11 nitrogen and oxygen atoms in total. The predicted octanol–water partition coefficient (Wildman–Crippen LogP) is 9.10. The molecule has 12 heteroatoms. The van der Waals surface area contributed by atoms with Crippen molar-refractivity contribution >= 4 is 57.4 Å². The Hall–Kier alpha value is -5.26. The van der Waals surface area contributed by atoms with E-state index in [2.05, 4.69) is 124 Å². The van der Waals surface area contributed by atoms with Gasteiger partial charge in [0.2, 0.25) is 5.95 Å². The molecule has 61 heavy (non-hydrogen) atoms. The van der Waals surface area contributed by atoms with Crippen molar-refractivity contribution in [1.82, 2.24) is 35.3 Å². The summed E-state index contributed by atoms with van der Waals surface area (Å²) in [7, 11) is 4.01. The van der Waals surface area contributed by atoms with Crippen molar-refractivity contribution in [3.63, 3.8) is 0 Å². The summed E-state index contributed by atoms with van der Waals surface area (Å²) >= 11 is 6.80. The number of para-hydroxylation sites is 1. The van der Waals surface area contributed by atoms with Gasteiger partial charge in [0.1, 0.15) is 5.02 Å². The third kappa shape index (κ3) is 8.03. The van der Waals surface area contributed by atoms with Crippen LogP contribution >= 0.6 is 11.6 Å². The smallest absolute Gasteiger partial charge is 0.227 e. The first-order chi connectivity index (χ1) is 29.4. The SMILES string of the molecule is C=C(CCC1=Cc2cc(Nc3nc(N4CCC(CN5CCN(c6cccc7c(C8CCC(=C)NC8=C)nn(C)c67)CC5)C(C)C4)ncc3Cl)cc3c2N(C1=C)C(C)CC3)NC. The summed E-state index contributed by atoms with van der Waals surface area (Å²) in [6, 6.07) is 11.6. The molecule has 0 amide bonds. The molecule has 4 unspecified atom stereocenters. The van der Waals surface area contributed by atoms with Gasteiger partial charge in [0.15, 0.2) is 5.82 Å². The lowest BCUT2D eigenvalue weighted by Crippen LogP contribution is -2.50. The van der Waals surface area contributed by atoms with Crippen LogP contribution in [0.1, 0.15) is 75.1 Å². The van der Waals surface area contributed by atoms with E-state index in [1.807, 2.05) is 7.05 Å². The molecule has 0 aliphatic carbocycles. The summed E-state index contributed by atoms with van der Waals surface area (Å²) in [6.07, 6.45) is 10.9. The zero-order chi connectivity index (χ0) is 42.5. The third-order valence-electron chi connectivity index (χ3n) is 14.0. The van der Waals surface area contributed by atoms with Crippen molar-refractivity contribution in [2.75, 3.05) is 72.9 Å². The molecule has 3 saturated heterocycles. The van der Waals surface area contributed by atoms with Crippen LogP contribution < -0.4 is 30.7 Å². The molecular formula is C49H62ClN11. The number of hydrogen-bond donors (Lipinski definition) is 3. The monoisotopic (exact) mass is 839 g/mol. The molecular weight excluding hydrogens is 778 g/mol. The van der Waals surface area contributed by atoms with Crippen LogP contribution in [0.2, 0.25) is 5.02 Å². The average molecular weight is 841 g/mol. The van der Waals surface area contributed by atoms with Gasteiger partial charge in [-0.15, -0.1) is 0 Å². The summed E-state index contributed by atoms with van der Waals surface area (Å²) in [5.41, 5.74) is 13.8. The number of rotatable bonds is 11. The molecule has 2 aromatic carbocycles. The first-order valence-corrected chi connectivity index (χ1v) is 22.7. The Bertz CT molecular complexity index is 2420. The minimum atomic E-state index is 0.191. The number of hydrogen-bond acceptors (Lipinski definition) is 10. The Kier molecular flexibility index (Phi) is 11.4. The molecule has 9 rings (SSSR count). The summed E-state index contributed by atoms with van der Waals surface area (Å²) in [4.78, 5) is 19.8. The summed E-state index contributed by atoms with van der Waals surface area (Å²) in [6.45, 7) is 28.9. The summed E-state index contributed by atoms with van der Waals surface area (Å²) in [5.74, 6) is 2.68. The molecule has 0 spiro atoms. The first-order valence-electron chi connectivity index (χ1n) is 22.3. The number of benzene rings is 2. The van der Waals surface area contributed by atoms with Crippen molar-refractivity contribution < 1.29 is 0 Å². The molecule has 5 aliphatic heterocycles.